The van der Waals surface area contributed by atoms with E-state index in [9.17, 15) is 4.79 Å². The topological polar surface area (TPSA) is 37.3 Å². The van der Waals surface area contributed by atoms with E-state index in [-0.39, 0.29) is 12.5 Å². The summed E-state index contributed by atoms with van der Waals surface area (Å²) in [6.07, 6.45) is 20.8. The number of carbonyl (C=O) groups excluding carboxylic acids is 1. The number of rotatable bonds is 17. The maximum absolute atomic E-state index is 10.7. The second-order valence-electron chi connectivity index (χ2n) is 6.36. The van der Waals surface area contributed by atoms with Crippen molar-refractivity contribution in [1.82, 2.24) is 0 Å². The fourth-order valence-electron chi connectivity index (χ4n) is 2.83. The summed E-state index contributed by atoms with van der Waals surface area (Å²) >= 11 is 0. The van der Waals surface area contributed by atoms with Crippen LogP contribution in [-0.2, 0) is 4.79 Å². The van der Waals surface area contributed by atoms with E-state index in [2.05, 4.69) is 13.2 Å². The number of aliphatic hydroxyl groups excluding tert-OH is 1. The fraction of sp³-hybridized carbons (Fsp3) is 0.947. The molecule has 1 unspecified atom stereocenters. The largest absolute Gasteiger partial charge is 0.396 e. The molecule has 2 nitrogen and oxygen atoms in total. The van der Waals surface area contributed by atoms with E-state index < -0.39 is 0 Å². The average molecular weight is 298 g/mol. The van der Waals surface area contributed by atoms with E-state index >= 15 is 0 Å². The highest BCUT2D eigenvalue weighted by atomic mass is 16.2. The Kier molecular flexibility index (Phi) is 17.4. The molecule has 0 aliphatic carbocycles. The quantitative estimate of drug-likeness (QED) is 0.356. The lowest BCUT2D eigenvalue weighted by molar-refractivity contribution is 0.276. The first-order valence-corrected chi connectivity index (χ1v) is 9.33. The molecule has 0 aromatic rings. The third-order valence-corrected chi connectivity index (χ3v) is 4.28. The van der Waals surface area contributed by atoms with Crippen LogP contribution < -0.4 is 0 Å². The molecule has 0 aliphatic rings. The minimum Gasteiger partial charge on any atom is -0.396 e. The van der Waals surface area contributed by atoms with E-state index in [0.717, 1.165) is 25.7 Å². The molecule has 21 heavy (non-hydrogen) atoms. The van der Waals surface area contributed by atoms with Gasteiger partial charge in [0.05, 0.1) is 0 Å². The van der Waals surface area contributed by atoms with E-state index in [1.54, 1.807) is 0 Å². The van der Waals surface area contributed by atoms with Gasteiger partial charge in [0.15, 0.2) is 0 Å². The fourth-order valence-corrected chi connectivity index (χ4v) is 2.83. The monoisotopic (exact) mass is 297 g/mol. The van der Waals surface area contributed by atoms with Gasteiger partial charge in [0.25, 0.3) is 0 Å². The lowest BCUT2D eigenvalue weighted by Crippen LogP contribution is -2.03. The van der Waals surface area contributed by atoms with Crippen LogP contribution in [-0.4, -0.2) is 18.0 Å². The number of aliphatic hydroxyl groups is 1. The highest BCUT2D eigenvalue weighted by Crippen LogP contribution is 2.16. The summed E-state index contributed by atoms with van der Waals surface area (Å²) in [5, 5.41) is 8.75. The van der Waals surface area contributed by atoms with Crippen molar-refractivity contribution < 1.29 is 9.90 Å². The summed E-state index contributed by atoms with van der Waals surface area (Å²) in [7, 11) is 0. The molecule has 1 atom stereocenters. The molecule has 125 valence electrons. The van der Waals surface area contributed by atoms with Gasteiger partial charge in [-0.05, 0) is 19.3 Å². The minimum atomic E-state index is 0.0558. The Morgan fingerprint density at radius 2 is 1.14 bits per heavy atom. The van der Waals surface area contributed by atoms with E-state index in [0.29, 0.717) is 0 Å². The van der Waals surface area contributed by atoms with Crippen molar-refractivity contribution in [2.75, 3.05) is 6.61 Å². The van der Waals surface area contributed by atoms with Gasteiger partial charge in [-0.3, -0.25) is 4.79 Å². The van der Waals surface area contributed by atoms with Crippen molar-refractivity contribution in [3.8, 4) is 0 Å². The zero-order valence-corrected chi connectivity index (χ0v) is 14.2. The van der Waals surface area contributed by atoms with Gasteiger partial charge in [-0.25, -0.2) is 0 Å². The van der Waals surface area contributed by atoms with Gasteiger partial charge < -0.3 is 5.11 Å². The first-order valence-electron chi connectivity index (χ1n) is 9.33. The van der Waals surface area contributed by atoms with E-state index in [4.69, 9.17) is 5.11 Å². The highest BCUT2D eigenvalue weighted by molar-refractivity contribution is 5.54. The zero-order chi connectivity index (χ0) is 15.6. The number of hydrogen-bond acceptors (Lipinski definition) is 2. The van der Waals surface area contributed by atoms with Gasteiger partial charge in [0.1, 0.15) is 0 Å². The lowest BCUT2D eigenvalue weighted by atomic mass is 9.97. The van der Waals surface area contributed by atoms with Gasteiger partial charge >= 0.3 is 0 Å². The van der Waals surface area contributed by atoms with Gasteiger partial charge in [-0.2, -0.15) is 0 Å². The van der Waals surface area contributed by atoms with Crippen LogP contribution in [0.2, 0.25) is 0 Å². The minimum absolute atomic E-state index is 0.0558. The van der Waals surface area contributed by atoms with Crippen LogP contribution in [0.5, 0.6) is 0 Å². The third kappa shape index (κ3) is 15.8. The van der Waals surface area contributed by atoms with Crippen molar-refractivity contribution in [3.63, 3.8) is 0 Å². The highest BCUT2D eigenvalue weighted by Gasteiger charge is 2.07. The molecule has 0 heterocycles. The van der Waals surface area contributed by atoms with Crippen LogP contribution in [0.4, 0.5) is 0 Å². The maximum Gasteiger partial charge on any atom is 0.201 e. The second kappa shape index (κ2) is 17.7. The standard InChI is InChI=1S/C19H37O2/c1-2-3-4-5-6-7-8-9-10-11-12-13-15-19(18-21)16-14-17-20/h19-20H,2-17H2,1H3. The Balaban J connectivity index is 3.16. The molecule has 0 aromatic heterocycles. The molecule has 1 radical (unpaired) electrons. The van der Waals surface area contributed by atoms with Gasteiger partial charge in [0.2, 0.25) is 6.29 Å². The van der Waals surface area contributed by atoms with Crippen LogP contribution in [0.1, 0.15) is 103 Å². The smallest absolute Gasteiger partial charge is 0.201 e. The zero-order valence-electron chi connectivity index (χ0n) is 14.2. The van der Waals surface area contributed by atoms with Crippen molar-refractivity contribution in [2.24, 2.45) is 5.92 Å². The predicted molar refractivity (Wildman–Crippen MR) is 91.2 cm³/mol. The van der Waals surface area contributed by atoms with Crippen LogP contribution in [0, 0.1) is 5.92 Å². The third-order valence-electron chi connectivity index (χ3n) is 4.28. The average Bonchev–Trinajstić information content (AvgIpc) is 2.51. The Bertz CT molecular complexity index is 204. The Morgan fingerprint density at radius 3 is 1.57 bits per heavy atom. The van der Waals surface area contributed by atoms with Gasteiger partial charge in [-0.15, -0.1) is 0 Å². The molecule has 0 saturated heterocycles. The molecule has 1 N–H and O–H groups in total. The molecule has 0 rings (SSSR count). The summed E-state index contributed by atoms with van der Waals surface area (Å²) < 4.78 is 0. The molecule has 0 aliphatic heterocycles. The molecular weight excluding hydrogens is 260 g/mol. The molecular formula is C19H37O2. The van der Waals surface area contributed by atoms with E-state index in [1.165, 1.54) is 70.6 Å². The first kappa shape index (κ1) is 20.6. The molecule has 0 fully saturated rings. The van der Waals surface area contributed by atoms with Crippen LogP contribution in [0.25, 0.3) is 0 Å². The first-order chi connectivity index (χ1) is 10.3. The summed E-state index contributed by atoms with van der Waals surface area (Å²) in [6, 6.07) is 0. The van der Waals surface area contributed by atoms with Crippen molar-refractivity contribution in [2.45, 2.75) is 103 Å². The van der Waals surface area contributed by atoms with Crippen LogP contribution in [0.3, 0.4) is 0 Å². The normalized spacial score (nSPS) is 12.5. The Morgan fingerprint density at radius 1 is 0.714 bits per heavy atom. The molecule has 0 saturated carbocycles. The molecule has 2 heteroatoms. The molecule has 0 amide bonds. The van der Waals surface area contributed by atoms with Crippen molar-refractivity contribution in [3.05, 3.63) is 0 Å². The molecule has 0 bridgehead atoms. The Labute approximate surface area is 132 Å². The predicted octanol–water partition coefficient (Wildman–Crippen LogP) is 5.58. The summed E-state index contributed by atoms with van der Waals surface area (Å²) in [4.78, 5) is 10.7. The summed E-state index contributed by atoms with van der Waals surface area (Å²) in [5.74, 6) is 0.0558. The van der Waals surface area contributed by atoms with Gasteiger partial charge in [-0.1, -0.05) is 84.0 Å². The van der Waals surface area contributed by atoms with Crippen molar-refractivity contribution >= 4 is 6.29 Å². The van der Waals surface area contributed by atoms with E-state index in [1.807, 2.05) is 0 Å². The van der Waals surface area contributed by atoms with Crippen molar-refractivity contribution in [1.29, 1.82) is 0 Å². The maximum atomic E-state index is 10.7. The summed E-state index contributed by atoms with van der Waals surface area (Å²) in [5.41, 5.74) is 0. The van der Waals surface area contributed by atoms with Crippen LogP contribution in [0.15, 0.2) is 0 Å². The SMILES string of the molecule is CCCCCCCCCCCCCCC([C]=O)CCCO. The summed E-state index contributed by atoms with van der Waals surface area (Å²) in [6.45, 7) is 2.46. The second-order valence-corrected chi connectivity index (χ2v) is 6.36. The molecule has 0 spiro atoms. The lowest BCUT2D eigenvalue weighted by Gasteiger charge is -2.08. The number of unbranched alkanes of at least 4 members (excludes halogenated alkanes) is 11. The van der Waals surface area contributed by atoms with Crippen LogP contribution >= 0.6 is 0 Å². The molecule has 0 aromatic carbocycles. The van der Waals surface area contributed by atoms with Gasteiger partial charge in [0, 0.05) is 12.5 Å². The number of hydrogen-bond donors (Lipinski definition) is 1. The Hall–Kier alpha value is -0.370.